The zero-order valence-corrected chi connectivity index (χ0v) is 21.0. The first-order valence-electron chi connectivity index (χ1n) is 11.3. The highest BCUT2D eigenvalue weighted by Gasteiger charge is 2.53. The zero-order valence-electron chi connectivity index (χ0n) is 19.4. The van der Waals surface area contributed by atoms with E-state index in [0.29, 0.717) is 41.3 Å². The monoisotopic (exact) mass is 530 g/mol. The fourth-order valence-corrected chi connectivity index (χ4v) is 5.70. The molecule has 2 amide bonds. The molecule has 2 aromatic heterocycles. The number of nitrogens with zero attached hydrogens (tertiary/aromatic N) is 1. The van der Waals surface area contributed by atoms with Gasteiger partial charge in [0.2, 0.25) is 11.0 Å². The van der Waals surface area contributed by atoms with Gasteiger partial charge in [-0.3, -0.25) is 15.3 Å². The van der Waals surface area contributed by atoms with Crippen molar-refractivity contribution in [3.63, 3.8) is 0 Å². The molecule has 2 aliphatic rings. The summed E-state index contributed by atoms with van der Waals surface area (Å²) in [6, 6.07) is 7.57. The molecule has 0 bridgehead atoms. The van der Waals surface area contributed by atoms with Crippen molar-refractivity contribution in [2.24, 2.45) is 17.1 Å². The van der Waals surface area contributed by atoms with Crippen LogP contribution in [0.4, 0.5) is 0 Å². The fraction of sp³-hybridized carbons (Fsp3) is 0.375. The Hall–Kier alpha value is -3.33. The highest BCUT2D eigenvalue weighted by atomic mass is 35.5. The van der Waals surface area contributed by atoms with Gasteiger partial charge in [0, 0.05) is 28.7 Å². The third-order valence-corrected chi connectivity index (χ3v) is 7.78. The van der Waals surface area contributed by atoms with Crippen molar-refractivity contribution in [2.75, 3.05) is 0 Å². The number of fused-ring (bicyclic) bond motifs is 1. The van der Waals surface area contributed by atoms with E-state index in [1.807, 2.05) is 4.72 Å². The van der Waals surface area contributed by atoms with E-state index in [1.165, 1.54) is 6.07 Å². The molecule has 5 rings (SSSR count). The summed E-state index contributed by atoms with van der Waals surface area (Å²) in [6.45, 7) is 3.10. The molecule has 3 aromatic rings. The number of oxazole rings is 1. The maximum Gasteiger partial charge on any atom is 0.297 e. The molecule has 0 saturated heterocycles. The molecule has 188 valence electrons. The van der Waals surface area contributed by atoms with Crippen LogP contribution in [-0.4, -0.2) is 30.9 Å². The molecule has 12 heteroatoms. The minimum Gasteiger partial charge on any atom is -0.440 e. The number of hydrogen-bond acceptors (Lipinski definition) is 8. The van der Waals surface area contributed by atoms with Gasteiger partial charge in [0.25, 0.3) is 15.9 Å². The Labute approximate surface area is 212 Å². The van der Waals surface area contributed by atoms with Crippen LogP contribution in [0.1, 0.15) is 55.5 Å². The first-order valence-corrected chi connectivity index (χ1v) is 13.1. The SMILES string of the molecule is CC(C)C(=O)NS(=O)(=O)c1ccc(C(=O)N[C@@]2(N)C#C[C@]3(C2)C[C@@H](c2nc4cc(Cl)ccc4o2)C3)o1. The first-order chi connectivity index (χ1) is 16.9. The molecule has 0 unspecified atom stereocenters. The van der Waals surface area contributed by atoms with Crippen molar-refractivity contribution in [1.29, 1.82) is 0 Å². The average molecular weight is 531 g/mol. The molecule has 4 N–H and O–H groups in total. The summed E-state index contributed by atoms with van der Waals surface area (Å²) in [5, 5.41) is 2.67. The number of furan rings is 1. The number of nitrogens with two attached hydrogens (primary N) is 1. The number of hydrogen-bond donors (Lipinski definition) is 3. The summed E-state index contributed by atoms with van der Waals surface area (Å²) >= 11 is 6.02. The van der Waals surface area contributed by atoms with Gasteiger partial charge in [-0.1, -0.05) is 37.3 Å². The molecule has 1 aromatic carbocycles. The summed E-state index contributed by atoms with van der Waals surface area (Å²) < 4.78 is 37.6. The predicted octanol–water partition coefficient (Wildman–Crippen LogP) is 2.89. The molecule has 2 aliphatic carbocycles. The number of carbonyl (C=O) groups is 2. The van der Waals surface area contributed by atoms with E-state index in [-0.39, 0.29) is 17.1 Å². The largest absolute Gasteiger partial charge is 0.440 e. The fourth-order valence-electron chi connectivity index (χ4n) is 4.49. The second kappa shape index (κ2) is 8.37. The number of benzene rings is 1. The van der Waals surface area contributed by atoms with Crippen molar-refractivity contribution in [2.45, 2.75) is 49.8 Å². The highest BCUT2D eigenvalue weighted by molar-refractivity contribution is 7.89. The van der Waals surface area contributed by atoms with Crippen LogP contribution in [0.25, 0.3) is 11.1 Å². The van der Waals surface area contributed by atoms with E-state index in [4.69, 9.17) is 26.2 Å². The van der Waals surface area contributed by atoms with Crippen LogP contribution >= 0.6 is 11.6 Å². The molecule has 1 fully saturated rings. The Balaban J connectivity index is 1.22. The molecule has 0 aliphatic heterocycles. The molecule has 1 atom stereocenters. The molecule has 1 saturated carbocycles. The van der Waals surface area contributed by atoms with Gasteiger partial charge < -0.3 is 14.2 Å². The van der Waals surface area contributed by atoms with Gasteiger partial charge in [0.05, 0.1) is 0 Å². The Morgan fingerprint density at radius 2 is 1.94 bits per heavy atom. The van der Waals surface area contributed by atoms with Crippen LogP contribution < -0.4 is 15.8 Å². The number of aromatic nitrogens is 1. The minimum atomic E-state index is -4.25. The molecule has 2 heterocycles. The smallest absolute Gasteiger partial charge is 0.297 e. The lowest BCUT2D eigenvalue weighted by molar-refractivity contribution is -0.122. The van der Waals surface area contributed by atoms with E-state index < -0.39 is 38.5 Å². The molecular weight excluding hydrogens is 508 g/mol. The van der Waals surface area contributed by atoms with Gasteiger partial charge in [0.15, 0.2) is 22.9 Å². The number of halogens is 1. The van der Waals surface area contributed by atoms with Gasteiger partial charge in [-0.25, -0.2) is 9.71 Å². The van der Waals surface area contributed by atoms with Gasteiger partial charge in [0.1, 0.15) is 5.52 Å². The van der Waals surface area contributed by atoms with E-state index >= 15 is 0 Å². The van der Waals surface area contributed by atoms with Crippen molar-refractivity contribution in [3.8, 4) is 11.8 Å². The molecule has 1 spiro atoms. The lowest BCUT2D eigenvalue weighted by Gasteiger charge is -2.43. The number of sulfonamides is 1. The second-order valence-corrected chi connectivity index (χ2v) is 11.7. The first kappa shape index (κ1) is 24.4. The van der Waals surface area contributed by atoms with Crippen LogP contribution in [0.3, 0.4) is 0 Å². The molecule has 10 nitrogen and oxygen atoms in total. The Bertz CT molecular complexity index is 1560. The van der Waals surface area contributed by atoms with Crippen molar-refractivity contribution in [1.82, 2.24) is 15.0 Å². The summed E-state index contributed by atoms with van der Waals surface area (Å²) in [5.41, 5.74) is 6.02. The van der Waals surface area contributed by atoms with Gasteiger partial charge in [-0.05, 0) is 43.2 Å². The number of carbonyl (C=O) groups excluding carboxylic acids is 2. The van der Waals surface area contributed by atoms with E-state index in [2.05, 4.69) is 22.1 Å². The van der Waals surface area contributed by atoms with Crippen molar-refractivity contribution in [3.05, 3.63) is 47.0 Å². The maximum atomic E-state index is 12.7. The highest BCUT2D eigenvalue weighted by Crippen LogP contribution is 2.56. The topological polar surface area (TPSA) is 158 Å². The minimum absolute atomic E-state index is 0.0717. The van der Waals surface area contributed by atoms with Crippen LogP contribution in [0.2, 0.25) is 5.02 Å². The van der Waals surface area contributed by atoms with Crippen LogP contribution in [0.5, 0.6) is 0 Å². The van der Waals surface area contributed by atoms with E-state index in [9.17, 15) is 18.0 Å². The van der Waals surface area contributed by atoms with Crippen LogP contribution in [0.15, 0.2) is 44.3 Å². The number of nitrogens with one attached hydrogen (secondary N) is 2. The van der Waals surface area contributed by atoms with Crippen molar-refractivity contribution >= 4 is 44.5 Å². The summed E-state index contributed by atoms with van der Waals surface area (Å²) in [6.07, 6.45) is 1.70. The average Bonchev–Trinajstić information content (AvgIpc) is 3.49. The lowest BCUT2D eigenvalue weighted by atomic mass is 9.61. The third kappa shape index (κ3) is 4.48. The van der Waals surface area contributed by atoms with E-state index in [1.54, 1.807) is 32.0 Å². The van der Waals surface area contributed by atoms with Gasteiger partial charge in [-0.15, -0.1) is 0 Å². The second-order valence-electron chi connectivity index (χ2n) is 9.65. The quantitative estimate of drug-likeness (QED) is 0.324. The standard InChI is InChI=1S/C24H23ClN4O6S/c1-13(2)20(30)29-36(32,33)19-6-5-18(34-19)21(31)28-24(26)8-7-23(12-24)10-14(11-23)22-27-16-9-15(25)3-4-17(16)35-22/h3-6,9,13-14H,10-12,26H2,1-2H3,(H,28,31)(H,29,30)/t14-,23+,24-/m0/s1. The predicted molar refractivity (Wildman–Crippen MR) is 129 cm³/mol. The summed E-state index contributed by atoms with van der Waals surface area (Å²) in [4.78, 5) is 29.0. The van der Waals surface area contributed by atoms with E-state index in [0.717, 1.165) is 6.07 Å². The molecular formula is C24H23ClN4O6S. The van der Waals surface area contributed by atoms with Gasteiger partial charge >= 0.3 is 0 Å². The molecule has 36 heavy (non-hydrogen) atoms. The number of amides is 2. The Morgan fingerprint density at radius 1 is 1.19 bits per heavy atom. The van der Waals surface area contributed by atoms with Crippen LogP contribution in [-0.2, 0) is 14.8 Å². The lowest BCUT2D eigenvalue weighted by Crippen LogP contribution is -2.56. The molecule has 0 radical (unpaired) electrons. The van der Waals surface area contributed by atoms with Crippen molar-refractivity contribution < 1.29 is 26.8 Å². The van der Waals surface area contributed by atoms with Gasteiger partial charge in [-0.2, -0.15) is 8.42 Å². The van der Waals surface area contributed by atoms with Crippen LogP contribution in [0, 0.1) is 23.2 Å². The summed E-state index contributed by atoms with van der Waals surface area (Å²) in [7, 11) is -4.25. The normalized spacial score (nSPS) is 25.0. The maximum absolute atomic E-state index is 12.7. The zero-order chi connectivity index (χ0) is 25.9. The third-order valence-electron chi connectivity index (χ3n) is 6.32. The number of rotatable bonds is 6. The Morgan fingerprint density at radius 3 is 2.67 bits per heavy atom. The Kier molecular flexibility index (Phi) is 5.66. The summed E-state index contributed by atoms with van der Waals surface area (Å²) in [5.74, 6) is 4.56.